The van der Waals surface area contributed by atoms with Crippen LogP contribution in [0.15, 0.2) is 36.0 Å². The third-order valence-corrected chi connectivity index (χ3v) is 7.14. The van der Waals surface area contributed by atoms with Crippen molar-refractivity contribution in [3.63, 3.8) is 0 Å². The van der Waals surface area contributed by atoms with Crippen molar-refractivity contribution in [1.82, 2.24) is 4.90 Å². The molecular formula is C31H46N2O4. The van der Waals surface area contributed by atoms with Gasteiger partial charge in [0.2, 0.25) is 0 Å². The zero-order valence-electron chi connectivity index (χ0n) is 23.0. The Hall–Kier alpha value is -2.76. The van der Waals surface area contributed by atoms with Crippen LogP contribution in [0.25, 0.3) is 5.76 Å². The first-order valence-corrected chi connectivity index (χ1v) is 14.3. The first-order chi connectivity index (χ1) is 18.0. The van der Waals surface area contributed by atoms with Crippen molar-refractivity contribution in [2.45, 2.75) is 103 Å². The summed E-state index contributed by atoms with van der Waals surface area (Å²) in [4.78, 5) is 20.1. The molecule has 0 radical (unpaired) electrons. The Kier molecular flexibility index (Phi) is 12.1. The average molecular weight is 511 g/mol. The molecule has 2 aliphatic rings. The summed E-state index contributed by atoms with van der Waals surface area (Å²) in [5.74, 6) is 0.898. The zero-order valence-corrected chi connectivity index (χ0v) is 23.0. The summed E-state index contributed by atoms with van der Waals surface area (Å²) in [7, 11) is 0. The van der Waals surface area contributed by atoms with Crippen LogP contribution in [0.5, 0.6) is 5.75 Å². The van der Waals surface area contributed by atoms with Gasteiger partial charge in [0.15, 0.2) is 6.61 Å². The van der Waals surface area contributed by atoms with E-state index in [0.29, 0.717) is 12.2 Å². The van der Waals surface area contributed by atoms with Gasteiger partial charge >= 0.3 is 0 Å². The molecule has 0 aliphatic carbocycles. The second-order valence-corrected chi connectivity index (χ2v) is 10.3. The fourth-order valence-corrected chi connectivity index (χ4v) is 5.28. The first-order valence-electron chi connectivity index (χ1n) is 14.3. The van der Waals surface area contributed by atoms with E-state index in [9.17, 15) is 9.90 Å². The van der Waals surface area contributed by atoms with Crippen molar-refractivity contribution in [1.29, 1.82) is 0 Å². The molecule has 204 valence electrons. The molecule has 0 bridgehead atoms. The van der Waals surface area contributed by atoms with E-state index in [-0.39, 0.29) is 24.4 Å². The molecule has 1 amide bonds. The zero-order chi connectivity index (χ0) is 26.5. The molecule has 1 N–H and O–H groups in total. The number of oxime groups is 1. The van der Waals surface area contributed by atoms with E-state index in [2.05, 4.69) is 37.7 Å². The Balaban J connectivity index is 1.87. The molecule has 0 aromatic heterocycles. The summed E-state index contributed by atoms with van der Waals surface area (Å²) < 4.78 is 6.46. The van der Waals surface area contributed by atoms with Crippen molar-refractivity contribution in [2.24, 2.45) is 5.16 Å². The van der Waals surface area contributed by atoms with Gasteiger partial charge in [0.25, 0.3) is 5.91 Å². The van der Waals surface area contributed by atoms with Crippen LogP contribution >= 0.6 is 0 Å². The summed E-state index contributed by atoms with van der Waals surface area (Å²) >= 11 is 0. The highest BCUT2D eigenvalue weighted by Crippen LogP contribution is 2.32. The number of fused-ring (bicyclic) bond motifs is 1. The number of likely N-dealkylation sites (tertiary alicyclic amines) is 1. The molecular weight excluding hydrogens is 464 g/mol. The third-order valence-electron chi connectivity index (χ3n) is 7.14. The van der Waals surface area contributed by atoms with Crippen LogP contribution < -0.4 is 0 Å². The lowest BCUT2D eigenvalue weighted by Crippen LogP contribution is -2.37. The Morgan fingerprint density at radius 2 is 1.95 bits per heavy atom. The molecule has 1 atom stereocenters. The van der Waals surface area contributed by atoms with Gasteiger partial charge in [-0.15, -0.1) is 0 Å². The van der Waals surface area contributed by atoms with Crippen LogP contribution in [0.2, 0.25) is 0 Å². The number of rotatable bonds is 7. The molecule has 1 saturated heterocycles. The van der Waals surface area contributed by atoms with Crippen LogP contribution in [0.3, 0.4) is 0 Å². The Bertz CT molecular complexity index is 947. The number of allylic oxidation sites excluding steroid dienone is 1. The van der Waals surface area contributed by atoms with Crippen LogP contribution in [0.1, 0.15) is 101 Å². The van der Waals surface area contributed by atoms with E-state index in [1.165, 1.54) is 6.42 Å². The van der Waals surface area contributed by atoms with E-state index >= 15 is 0 Å². The second-order valence-electron chi connectivity index (χ2n) is 10.3. The van der Waals surface area contributed by atoms with Gasteiger partial charge in [0, 0.05) is 31.5 Å². The number of ether oxygens (including phenoxy) is 1. The van der Waals surface area contributed by atoms with Gasteiger partial charge in [0.05, 0.1) is 5.71 Å². The number of benzene rings is 1. The molecule has 3 rings (SSSR count). The van der Waals surface area contributed by atoms with Gasteiger partial charge in [-0.1, -0.05) is 50.6 Å². The third kappa shape index (κ3) is 9.24. The highest BCUT2D eigenvalue weighted by atomic mass is 16.6. The quantitative estimate of drug-likeness (QED) is 0.318. The SMILES string of the molecule is C=C1OC(CCC)C/C=C/CCCC/C(=N/OCC(=O)N2CCCCC2)Cc2cc(O)cc(CCC)c21. The molecule has 0 saturated carbocycles. The maximum absolute atomic E-state index is 12.6. The summed E-state index contributed by atoms with van der Waals surface area (Å²) in [5.41, 5.74) is 3.83. The van der Waals surface area contributed by atoms with Gasteiger partial charge in [-0.25, -0.2) is 0 Å². The molecule has 1 aromatic rings. The van der Waals surface area contributed by atoms with Crippen molar-refractivity contribution in [2.75, 3.05) is 19.7 Å². The highest BCUT2D eigenvalue weighted by molar-refractivity contribution is 5.88. The summed E-state index contributed by atoms with van der Waals surface area (Å²) in [6, 6.07) is 3.64. The highest BCUT2D eigenvalue weighted by Gasteiger charge is 2.20. The minimum absolute atomic E-state index is 0.00194. The number of piperidine rings is 1. The number of aryl methyl sites for hydroxylation is 1. The van der Waals surface area contributed by atoms with Crippen LogP contribution in [-0.4, -0.2) is 47.4 Å². The molecule has 1 unspecified atom stereocenters. The largest absolute Gasteiger partial charge is 0.508 e. The van der Waals surface area contributed by atoms with E-state index in [1.807, 2.05) is 11.0 Å². The predicted octanol–water partition coefficient (Wildman–Crippen LogP) is 6.95. The maximum Gasteiger partial charge on any atom is 0.263 e. The van der Waals surface area contributed by atoms with Gasteiger partial charge < -0.3 is 19.6 Å². The van der Waals surface area contributed by atoms with Gasteiger partial charge in [0.1, 0.15) is 17.6 Å². The fraction of sp³-hybridized carbons (Fsp3) is 0.613. The molecule has 37 heavy (non-hydrogen) atoms. The molecule has 1 aromatic carbocycles. The minimum Gasteiger partial charge on any atom is -0.508 e. The molecule has 6 nitrogen and oxygen atoms in total. The number of aromatic hydroxyl groups is 1. The predicted molar refractivity (Wildman–Crippen MR) is 151 cm³/mol. The average Bonchev–Trinajstić information content (AvgIpc) is 2.88. The molecule has 0 spiro atoms. The number of phenolic OH excluding ortho intramolecular Hbond substituents is 1. The number of carbonyl (C=O) groups is 1. The maximum atomic E-state index is 12.6. The monoisotopic (exact) mass is 510 g/mol. The molecule has 6 heteroatoms. The summed E-state index contributed by atoms with van der Waals surface area (Å²) in [6.07, 6.45) is 16.9. The van der Waals surface area contributed by atoms with E-state index in [4.69, 9.17) is 9.57 Å². The number of phenols is 1. The fourth-order valence-electron chi connectivity index (χ4n) is 5.28. The van der Waals surface area contributed by atoms with Crippen molar-refractivity contribution in [3.8, 4) is 5.75 Å². The Morgan fingerprint density at radius 3 is 2.70 bits per heavy atom. The Morgan fingerprint density at radius 1 is 1.14 bits per heavy atom. The smallest absolute Gasteiger partial charge is 0.263 e. The molecule has 2 heterocycles. The number of hydrogen-bond acceptors (Lipinski definition) is 5. The summed E-state index contributed by atoms with van der Waals surface area (Å²) in [5, 5.41) is 15.0. The van der Waals surface area contributed by atoms with Crippen LogP contribution in [0, 0.1) is 0 Å². The van der Waals surface area contributed by atoms with E-state index in [0.717, 1.165) is 106 Å². The van der Waals surface area contributed by atoms with E-state index < -0.39 is 0 Å². The number of hydrogen-bond donors (Lipinski definition) is 1. The lowest BCUT2D eigenvalue weighted by Gasteiger charge is -2.26. The van der Waals surface area contributed by atoms with Gasteiger partial charge in [-0.2, -0.15) is 0 Å². The Labute approximate surface area is 223 Å². The van der Waals surface area contributed by atoms with Crippen LogP contribution in [0.4, 0.5) is 0 Å². The number of amides is 1. The first kappa shape index (κ1) is 28.8. The van der Waals surface area contributed by atoms with Crippen molar-refractivity contribution < 1.29 is 19.5 Å². The van der Waals surface area contributed by atoms with Crippen molar-refractivity contribution in [3.05, 3.63) is 47.6 Å². The molecule has 2 aliphatic heterocycles. The summed E-state index contributed by atoms with van der Waals surface area (Å²) in [6.45, 7) is 10.2. The number of carbonyl (C=O) groups excluding carboxylic acids is 1. The lowest BCUT2D eigenvalue weighted by molar-refractivity contribution is -0.137. The lowest BCUT2D eigenvalue weighted by atomic mass is 9.92. The number of nitrogens with zero attached hydrogens (tertiary/aromatic N) is 2. The van der Waals surface area contributed by atoms with Crippen molar-refractivity contribution >= 4 is 17.4 Å². The van der Waals surface area contributed by atoms with Gasteiger partial charge in [-0.3, -0.25) is 4.79 Å². The van der Waals surface area contributed by atoms with Gasteiger partial charge in [-0.05, 0) is 81.0 Å². The minimum atomic E-state index is -0.0330. The van der Waals surface area contributed by atoms with E-state index in [1.54, 1.807) is 6.07 Å². The molecule has 1 fully saturated rings. The second kappa shape index (κ2) is 15.5. The standard InChI is InChI=1S/C31H46N2O4/c1-4-14-25-21-28(34)22-26-20-27(32-36-23-30(35)33-18-12-9-13-19-33)16-10-7-6-8-11-17-29(15-5-2)37-24(3)31(25)26/h8,11,21-22,29,34H,3-7,9-10,12-20,23H2,1-2H3/b11-8+,32-27-. The van der Waals surface area contributed by atoms with Crippen LogP contribution in [-0.2, 0) is 27.2 Å². The normalized spacial score (nSPS) is 21.6. The topological polar surface area (TPSA) is 71.4 Å².